The number of carbonyl (C=O) groups is 1. The van der Waals surface area contributed by atoms with Crippen molar-refractivity contribution in [2.75, 3.05) is 7.11 Å². The molecule has 3 nitrogen and oxygen atoms in total. The van der Waals surface area contributed by atoms with E-state index in [1.807, 2.05) is 0 Å². The third-order valence-corrected chi connectivity index (χ3v) is 1.60. The molecule has 0 spiro atoms. The Morgan fingerprint density at radius 3 is 2.87 bits per heavy atom. The molecule has 0 heterocycles. The van der Waals surface area contributed by atoms with Crippen molar-refractivity contribution < 1.29 is 13.9 Å². The number of primary amides is 1. The Bertz CT molecular complexity index is 432. The average Bonchev–Trinajstić information content (AvgIpc) is 2.16. The molecule has 0 aliphatic rings. The minimum atomic E-state index is -0.508. The summed E-state index contributed by atoms with van der Waals surface area (Å²) in [4.78, 5) is 10.4. The first-order valence-electron chi connectivity index (χ1n) is 4.23. The topological polar surface area (TPSA) is 52.3 Å². The summed E-state index contributed by atoms with van der Waals surface area (Å²) >= 11 is 0. The van der Waals surface area contributed by atoms with Crippen LogP contribution in [-0.2, 0) is 4.79 Å². The lowest BCUT2D eigenvalue weighted by Gasteiger charge is -1.99. The van der Waals surface area contributed by atoms with Crippen LogP contribution in [0.5, 0.6) is 5.75 Å². The maximum atomic E-state index is 13.0. The molecule has 0 saturated heterocycles. The van der Waals surface area contributed by atoms with Crippen LogP contribution in [0.2, 0.25) is 0 Å². The Kier molecular flexibility index (Phi) is 3.69. The van der Waals surface area contributed by atoms with Crippen LogP contribution in [0.25, 0.3) is 0 Å². The first kappa shape index (κ1) is 11.1. The van der Waals surface area contributed by atoms with Crippen molar-refractivity contribution in [3.63, 3.8) is 0 Å². The molecule has 1 amide bonds. The van der Waals surface area contributed by atoms with Crippen molar-refractivity contribution in [2.45, 2.75) is 6.42 Å². The van der Waals surface area contributed by atoms with Crippen molar-refractivity contribution in [3.8, 4) is 17.6 Å². The van der Waals surface area contributed by atoms with Crippen LogP contribution < -0.4 is 10.5 Å². The maximum absolute atomic E-state index is 13.0. The molecular formula is C11H10FNO2. The lowest BCUT2D eigenvalue weighted by Crippen LogP contribution is -2.08. The highest BCUT2D eigenvalue weighted by Crippen LogP contribution is 2.14. The fourth-order valence-electron chi connectivity index (χ4n) is 0.986. The zero-order chi connectivity index (χ0) is 11.3. The van der Waals surface area contributed by atoms with Crippen LogP contribution >= 0.6 is 0 Å². The Labute approximate surface area is 87.0 Å². The number of ether oxygens (including phenoxy) is 1. The summed E-state index contributed by atoms with van der Waals surface area (Å²) in [5.74, 6) is 4.60. The number of amides is 1. The molecule has 0 bridgehead atoms. The van der Waals surface area contributed by atoms with E-state index in [1.54, 1.807) is 6.07 Å². The van der Waals surface area contributed by atoms with E-state index in [9.17, 15) is 9.18 Å². The van der Waals surface area contributed by atoms with Gasteiger partial charge in [0, 0.05) is 11.6 Å². The van der Waals surface area contributed by atoms with Gasteiger partial charge in [-0.1, -0.05) is 11.8 Å². The molecule has 0 aliphatic carbocycles. The molecule has 0 atom stereocenters. The van der Waals surface area contributed by atoms with Crippen molar-refractivity contribution in [1.82, 2.24) is 0 Å². The number of halogens is 1. The number of carbonyl (C=O) groups excluding carboxylic acids is 1. The van der Waals surface area contributed by atoms with E-state index in [4.69, 9.17) is 10.5 Å². The summed E-state index contributed by atoms with van der Waals surface area (Å²) < 4.78 is 17.8. The summed E-state index contributed by atoms with van der Waals surface area (Å²) in [6.45, 7) is 0. The molecule has 1 rings (SSSR count). The third-order valence-electron chi connectivity index (χ3n) is 1.60. The lowest BCUT2D eigenvalue weighted by molar-refractivity contribution is -0.117. The Morgan fingerprint density at radius 2 is 2.27 bits per heavy atom. The standard InChI is InChI=1S/C11H10FNO2/c1-15-10-6-8(5-9(12)7-10)3-2-4-11(13)14/h5-7H,4H2,1H3,(H2,13,14). The molecule has 1 aromatic carbocycles. The van der Waals surface area contributed by atoms with Gasteiger partial charge in [0.05, 0.1) is 13.5 Å². The van der Waals surface area contributed by atoms with Gasteiger partial charge < -0.3 is 10.5 Å². The largest absolute Gasteiger partial charge is 0.497 e. The summed E-state index contributed by atoms with van der Waals surface area (Å²) in [5.41, 5.74) is 5.35. The zero-order valence-corrected chi connectivity index (χ0v) is 8.21. The predicted molar refractivity (Wildman–Crippen MR) is 53.6 cm³/mol. The summed E-state index contributed by atoms with van der Waals surface area (Å²) in [6, 6.07) is 4.09. The molecule has 0 aromatic heterocycles. The number of nitrogens with two attached hydrogens (primary N) is 1. The van der Waals surface area contributed by atoms with Crippen LogP contribution in [0.3, 0.4) is 0 Å². The van der Waals surface area contributed by atoms with E-state index >= 15 is 0 Å². The van der Waals surface area contributed by atoms with Gasteiger partial charge in [-0.05, 0) is 12.1 Å². The first-order chi connectivity index (χ1) is 7.11. The molecule has 2 N–H and O–H groups in total. The molecule has 0 unspecified atom stereocenters. The van der Waals surface area contributed by atoms with Gasteiger partial charge in [-0.3, -0.25) is 4.79 Å². The van der Waals surface area contributed by atoms with E-state index in [1.165, 1.54) is 19.2 Å². The molecule has 1 aromatic rings. The second-order valence-electron chi connectivity index (χ2n) is 2.82. The second kappa shape index (κ2) is 5.01. The summed E-state index contributed by atoms with van der Waals surface area (Å²) in [5, 5.41) is 0. The average molecular weight is 207 g/mol. The number of hydrogen-bond donors (Lipinski definition) is 1. The quantitative estimate of drug-likeness (QED) is 0.737. The van der Waals surface area contributed by atoms with Crippen LogP contribution in [0.1, 0.15) is 12.0 Å². The molecular weight excluding hydrogens is 197 g/mol. The Balaban J connectivity index is 2.88. The Morgan fingerprint density at radius 1 is 1.53 bits per heavy atom. The lowest BCUT2D eigenvalue weighted by atomic mass is 10.2. The normalized spacial score (nSPS) is 8.93. The van der Waals surface area contributed by atoms with E-state index in [-0.39, 0.29) is 6.42 Å². The predicted octanol–water partition coefficient (Wildman–Crippen LogP) is 1.06. The molecule has 0 radical (unpaired) electrons. The van der Waals surface area contributed by atoms with Gasteiger partial charge in [-0.25, -0.2) is 4.39 Å². The van der Waals surface area contributed by atoms with Crippen molar-refractivity contribution in [2.24, 2.45) is 5.73 Å². The van der Waals surface area contributed by atoms with Gasteiger partial charge in [-0.15, -0.1) is 0 Å². The molecule has 0 fully saturated rings. The maximum Gasteiger partial charge on any atom is 0.229 e. The van der Waals surface area contributed by atoms with Crippen molar-refractivity contribution in [3.05, 3.63) is 29.6 Å². The monoisotopic (exact) mass is 207 g/mol. The van der Waals surface area contributed by atoms with Crippen LogP contribution in [0.15, 0.2) is 18.2 Å². The van der Waals surface area contributed by atoms with E-state index in [2.05, 4.69) is 11.8 Å². The highest BCUT2D eigenvalue weighted by Gasteiger charge is 1.98. The van der Waals surface area contributed by atoms with Crippen LogP contribution in [0.4, 0.5) is 4.39 Å². The first-order valence-corrected chi connectivity index (χ1v) is 4.23. The van der Waals surface area contributed by atoms with Crippen molar-refractivity contribution in [1.29, 1.82) is 0 Å². The highest BCUT2D eigenvalue weighted by molar-refractivity contribution is 5.76. The third kappa shape index (κ3) is 3.69. The molecule has 0 aliphatic heterocycles. The molecule has 0 saturated carbocycles. The number of hydrogen-bond acceptors (Lipinski definition) is 2. The molecule has 78 valence electrons. The van der Waals surface area contributed by atoms with Crippen LogP contribution in [0, 0.1) is 17.7 Å². The van der Waals surface area contributed by atoms with Crippen molar-refractivity contribution >= 4 is 5.91 Å². The number of methoxy groups -OCH3 is 1. The van der Waals surface area contributed by atoms with E-state index < -0.39 is 11.7 Å². The minimum Gasteiger partial charge on any atom is -0.497 e. The Hall–Kier alpha value is -2.02. The van der Waals surface area contributed by atoms with Gasteiger partial charge in [0.2, 0.25) is 5.91 Å². The number of rotatable bonds is 2. The molecule has 15 heavy (non-hydrogen) atoms. The number of benzene rings is 1. The fourth-order valence-corrected chi connectivity index (χ4v) is 0.986. The molecule has 4 heteroatoms. The highest BCUT2D eigenvalue weighted by atomic mass is 19.1. The second-order valence-corrected chi connectivity index (χ2v) is 2.82. The van der Waals surface area contributed by atoms with Gasteiger partial charge in [0.1, 0.15) is 11.6 Å². The smallest absolute Gasteiger partial charge is 0.229 e. The van der Waals surface area contributed by atoms with Crippen LogP contribution in [-0.4, -0.2) is 13.0 Å². The van der Waals surface area contributed by atoms with Gasteiger partial charge in [0.15, 0.2) is 0 Å². The van der Waals surface area contributed by atoms with Gasteiger partial charge in [-0.2, -0.15) is 0 Å². The SMILES string of the molecule is COc1cc(F)cc(C#CCC(N)=O)c1. The fraction of sp³-hybridized carbons (Fsp3) is 0.182. The van der Waals surface area contributed by atoms with Gasteiger partial charge >= 0.3 is 0 Å². The summed E-state index contributed by atoms with van der Waals surface area (Å²) in [7, 11) is 1.44. The van der Waals surface area contributed by atoms with E-state index in [0.29, 0.717) is 11.3 Å². The van der Waals surface area contributed by atoms with Gasteiger partial charge in [0.25, 0.3) is 0 Å². The summed E-state index contributed by atoms with van der Waals surface area (Å²) in [6.07, 6.45) is -0.0428. The van der Waals surface area contributed by atoms with E-state index in [0.717, 1.165) is 0 Å². The minimum absolute atomic E-state index is 0.0428. The zero-order valence-electron chi connectivity index (χ0n) is 8.21.